The number of aromatic nitrogens is 2. The summed E-state index contributed by atoms with van der Waals surface area (Å²) in [5, 5.41) is 5.04. The van der Waals surface area contributed by atoms with E-state index in [0.717, 1.165) is 44.4 Å². The Morgan fingerprint density at radius 1 is 1.26 bits per heavy atom. The number of nitrogens with one attached hydrogen (secondary N) is 3. The average Bonchev–Trinajstić information content (AvgIpc) is 2.75. The molecule has 1 fully saturated rings. The van der Waals surface area contributed by atoms with E-state index in [1.807, 2.05) is 4.90 Å². The van der Waals surface area contributed by atoms with Crippen molar-refractivity contribution in [1.82, 2.24) is 9.97 Å². The van der Waals surface area contributed by atoms with Crippen molar-refractivity contribution in [2.75, 3.05) is 22.1 Å². The number of benzene rings is 1. The van der Waals surface area contributed by atoms with E-state index in [0.29, 0.717) is 5.95 Å². The normalized spacial score (nSPS) is 20.7. The molecule has 164 valence electrons. The molecule has 4 rings (SSSR count). The Kier molecular flexibility index (Phi) is 5.71. The Morgan fingerprint density at radius 3 is 2.81 bits per heavy atom. The Bertz CT molecular complexity index is 1090. The lowest BCUT2D eigenvalue weighted by atomic mass is 9.92. The van der Waals surface area contributed by atoms with Crippen LogP contribution in [0.2, 0.25) is 0 Å². The third-order valence-corrected chi connectivity index (χ3v) is 5.81. The Labute approximate surface area is 177 Å². The minimum Gasteiger partial charge on any atom is -0.339 e. The standard InChI is InChI=1S/C21H23F2N5O3/c1-2-12-5-3-4-8-28(12)21-26-18-17(20(31)27-21)13(10-16(29)25-18)19(30)24-11-6-7-14(22)15(23)9-11/h6-7,9,12-13H,2-5,8,10H2,1H3,(H,24,30)(H2,25,26,27,29,31)/t12-,13+/m1/s1. The zero-order valence-electron chi connectivity index (χ0n) is 17.0. The number of fused-ring (bicyclic) bond motifs is 1. The molecule has 3 heterocycles. The number of anilines is 3. The second-order valence-electron chi connectivity index (χ2n) is 7.83. The summed E-state index contributed by atoms with van der Waals surface area (Å²) in [5.74, 6) is -3.96. The summed E-state index contributed by atoms with van der Waals surface area (Å²) in [6.45, 7) is 2.81. The summed E-state index contributed by atoms with van der Waals surface area (Å²) >= 11 is 0. The Balaban J connectivity index is 1.65. The first-order chi connectivity index (χ1) is 14.9. The predicted molar refractivity (Wildman–Crippen MR) is 111 cm³/mol. The molecule has 1 aromatic carbocycles. The van der Waals surface area contributed by atoms with Crippen LogP contribution in [-0.2, 0) is 9.59 Å². The highest BCUT2D eigenvalue weighted by Gasteiger charge is 2.36. The summed E-state index contributed by atoms with van der Waals surface area (Å²) in [6, 6.07) is 3.16. The number of H-pyrrole nitrogens is 1. The molecule has 0 radical (unpaired) electrons. The first kappa shape index (κ1) is 21.0. The van der Waals surface area contributed by atoms with Crippen molar-refractivity contribution in [3.63, 3.8) is 0 Å². The highest BCUT2D eigenvalue weighted by atomic mass is 19.2. The van der Waals surface area contributed by atoms with E-state index >= 15 is 0 Å². The highest BCUT2D eigenvalue weighted by Crippen LogP contribution is 2.31. The summed E-state index contributed by atoms with van der Waals surface area (Å²) in [4.78, 5) is 47.2. The van der Waals surface area contributed by atoms with Crippen LogP contribution >= 0.6 is 0 Å². The number of amides is 2. The van der Waals surface area contributed by atoms with Crippen molar-refractivity contribution in [3.05, 3.63) is 45.8 Å². The molecule has 1 aromatic heterocycles. The van der Waals surface area contributed by atoms with Gasteiger partial charge in [-0.1, -0.05) is 6.92 Å². The van der Waals surface area contributed by atoms with Crippen molar-refractivity contribution in [2.45, 2.75) is 51.0 Å². The van der Waals surface area contributed by atoms with Crippen LogP contribution in [0.1, 0.15) is 50.5 Å². The molecule has 3 N–H and O–H groups in total. The van der Waals surface area contributed by atoms with Crippen molar-refractivity contribution in [3.8, 4) is 0 Å². The third-order valence-electron chi connectivity index (χ3n) is 5.81. The fourth-order valence-corrected chi connectivity index (χ4v) is 4.23. The number of carbonyl (C=O) groups excluding carboxylic acids is 2. The number of carbonyl (C=O) groups is 2. The maximum absolute atomic E-state index is 13.5. The molecule has 8 nitrogen and oxygen atoms in total. The number of rotatable bonds is 4. The lowest BCUT2D eigenvalue weighted by Gasteiger charge is -2.36. The molecule has 0 bridgehead atoms. The van der Waals surface area contributed by atoms with Gasteiger partial charge in [0.25, 0.3) is 5.56 Å². The maximum Gasteiger partial charge on any atom is 0.258 e. The zero-order chi connectivity index (χ0) is 22.1. The van der Waals surface area contributed by atoms with E-state index in [9.17, 15) is 23.2 Å². The van der Waals surface area contributed by atoms with Gasteiger partial charge in [0, 0.05) is 30.8 Å². The first-order valence-corrected chi connectivity index (χ1v) is 10.3. The monoisotopic (exact) mass is 431 g/mol. The molecule has 0 saturated carbocycles. The summed E-state index contributed by atoms with van der Waals surface area (Å²) in [5.41, 5.74) is -0.434. The van der Waals surface area contributed by atoms with Crippen molar-refractivity contribution >= 4 is 29.3 Å². The van der Waals surface area contributed by atoms with Crippen LogP contribution in [0, 0.1) is 11.6 Å². The molecule has 0 spiro atoms. The minimum atomic E-state index is -1.12. The SMILES string of the molecule is CC[C@@H]1CCCCN1c1nc2c(c(=O)[nH]1)[C@@H](C(=O)Nc1ccc(F)c(F)c1)CC(=O)N2. The molecule has 31 heavy (non-hydrogen) atoms. The fourth-order valence-electron chi connectivity index (χ4n) is 4.23. The van der Waals surface area contributed by atoms with E-state index in [-0.39, 0.29) is 29.5 Å². The molecule has 2 aromatic rings. The van der Waals surface area contributed by atoms with Gasteiger partial charge in [0.15, 0.2) is 11.6 Å². The number of hydrogen-bond acceptors (Lipinski definition) is 5. The van der Waals surface area contributed by atoms with Crippen LogP contribution in [0.4, 0.5) is 26.2 Å². The minimum absolute atomic E-state index is 0.0246. The topological polar surface area (TPSA) is 107 Å². The quantitative estimate of drug-likeness (QED) is 0.690. The number of hydrogen-bond donors (Lipinski definition) is 3. The maximum atomic E-state index is 13.5. The van der Waals surface area contributed by atoms with Crippen LogP contribution in [0.3, 0.4) is 0 Å². The van der Waals surface area contributed by atoms with Gasteiger partial charge in [-0.2, -0.15) is 4.98 Å². The Morgan fingerprint density at radius 2 is 2.06 bits per heavy atom. The molecule has 2 amide bonds. The van der Waals surface area contributed by atoms with Crippen LogP contribution in [-0.4, -0.2) is 34.4 Å². The predicted octanol–water partition coefficient (Wildman–Crippen LogP) is 2.88. The van der Waals surface area contributed by atoms with Gasteiger partial charge in [0.05, 0.1) is 11.5 Å². The van der Waals surface area contributed by atoms with E-state index in [1.165, 1.54) is 6.07 Å². The van der Waals surface area contributed by atoms with E-state index < -0.39 is 34.9 Å². The number of halogens is 2. The van der Waals surface area contributed by atoms with Crippen LogP contribution in [0.5, 0.6) is 0 Å². The summed E-state index contributed by atoms with van der Waals surface area (Å²) in [7, 11) is 0. The van der Waals surface area contributed by atoms with E-state index in [1.54, 1.807) is 0 Å². The van der Waals surface area contributed by atoms with Crippen molar-refractivity contribution in [2.24, 2.45) is 0 Å². The van der Waals surface area contributed by atoms with Gasteiger partial charge in [-0.25, -0.2) is 8.78 Å². The average molecular weight is 431 g/mol. The molecule has 0 unspecified atom stereocenters. The number of piperidine rings is 1. The van der Waals surface area contributed by atoms with Gasteiger partial charge in [-0.15, -0.1) is 0 Å². The van der Waals surface area contributed by atoms with Gasteiger partial charge in [0.2, 0.25) is 17.8 Å². The van der Waals surface area contributed by atoms with Gasteiger partial charge in [-0.05, 0) is 37.8 Å². The molecule has 0 aliphatic carbocycles. The Hall–Kier alpha value is -3.30. The van der Waals surface area contributed by atoms with E-state index in [4.69, 9.17) is 0 Å². The third kappa shape index (κ3) is 4.14. The van der Waals surface area contributed by atoms with Gasteiger partial charge in [-0.3, -0.25) is 19.4 Å². The smallest absolute Gasteiger partial charge is 0.258 e. The molecule has 2 aliphatic heterocycles. The molecule has 1 saturated heterocycles. The zero-order valence-corrected chi connectivity index (χ0v) is 17.0. The van der Waals surface area contributed by atoms with E-state index in [2.05, 4.69) is 27.5 Å². The number of aromatic amines is 1. The fraction of sp³-hybridized carbons (Fsp3) is 0.429. The molecular weight excluding hydrogens is 408 g/mol. The van der Waals surface area contributed by atoms with Crippen LogP contribution < -0.4 is 21.1 Å². The largest absolute Gasteiger partial charge is 0.339 e. The lowest BCUT2D eigenvalue weighted by Crippen LogP contribution is -2.43. The molecular formula is C21H23F2N5O3. The lowest BCUT2D eigenvalue weighted by molar-refractivity contribution is -0.123. The second-order valence-corrected chi connectivity index (χ2v) is 7.83. The van der Waals surface area contributed by atoms with Crippen molar-refractivity contribution < 1.29 is 18.4 Å². The van der Waals surface area contributed by atoms with Gasteiger partial charge < -0.3 is 15.5 Å². The van der Waals surface area contributed by atoms with Crippen molar-refractivity contribution in [1.29, 1.82) is 0 Å². The second kappa shape index (κ2) is 8.44. The van der Waals surface area contributed by atoms with Crippen LogP contribution in [0.15, 0.2) is 23.0 Å². The van der Waals surface area contributed by atoms with Gasteiger partial charge in [0.1, 0.15) is 5.82 Å². The first-order valence-electron chi connectivity index (χ1n) is 10.3. The highest BCUT2D eigenvalue weighted by molar-refractivity contribution is 6.04. The molecule has 2 aliphatic rings. The summed E-state index contributed by atoms with van der Waals surface area (Å²) < 4.78 is 26.6. The van der Waals surface area contributed by atoms with Crippen LogP contribution in [0.25, 0.3) is 0 Å². The summed E-state index contributed by atoms with van der Waals surface area (Å²) in [6.07, 6.45) is 3.71. The number of nitrogens with zero attached hydrogens (tertiary/aromatic N) is 2. The molecule has 10 heteroatoms. The molecule has 2 atom stereocenters. The van der Waals surface area contributed by atoms with Gasteiger partial charge >= 0.3 is 0 Å².